The minimum Gasteiger partial charge on any atom is -0.508 e. The van der Waals surface area contributed by atoms with Gasteiger partial charge in [0.1, 0.15) is 173 Å². The number of rotatable bonds is 14. The molecule has 18 aromatic rings. The Morgan fingerprint density at radius 2 is 0.436 bits per heavy atom. The molecule has 0 saturated heterocycles. The van der Waals surface area contributed by atoms with Crippen LogP contribution in [0.3, 0.4) is 0 Å². The molecule has 2 unspecified atom stereocenters. The smallest absolute Gasteiger partial charge is 0.508 e. The van der Waals surface area contributed by atoms with Crippen LogP contribution in [0.5, 0.6) is 86.2 Å². The third-order valence-electron chi connectivity index (χ3n) is 18.8. The van der Waals surface area contributed by atoms with Gasteiger partial charge in [0.2, 0.25) is 16.3 Å². The maximum absolute atomic E-state index is 12.6. The van der Waals surface area contributed by atoms with Crippen molar-refractivity contribution in [3.8, 4) is 153 Å². The first-order valence-corrected chi connectivity index (χ1v) is 45.1. The van der Waals surface area contributed by atoms with Crippen molar-refractivity contribution < 1.29 is 148 Å². The molecule has 0 aliphatic rings. The van der Waals surface area contributed by atoms with Crippen LogP contribution < -0.4 is 50.7 Å². The minimum atomic E-state index is -4.81. The Labute approximate surface area is 743 Å². The van der Waals surface area contributed by atoms with Gasteiger partial charge in [0.15, 0.2) is 16.3 Å². The molecule has 6 heterocycles. The summed E-state index contributed by atoms with van der Waals surface area (Å²) in [6.07, 6.45) is 7.55. The second-order valence-corrected chi connectivity index (χ2v) is 34.5. The van der Waals surface area contributed by atoms with Gasteiger partial charge in [0.25, 0.3) is 0 Å². The van der Waals surface area contributed by atoms with Crippen molar-refractivity contribution in [3.63, 3.8) is 0 Å². The van der Waals surface area contributed by atoms with E-state index in [1.165, 1.54) is 195 Å². The normalized spacial score (nSPS) is 12.1. The molecule has 678 valence electrons. The number of hydrogen-bond donors (Lipinski definition) is 17. The number of benzene rings is 12. The van der Waals surface area contributed by atoms with Crippen LogP contribution in [0.25, 0.3) is 133 Å². The first-order chi connectivity index (χ1) is 62.9. The first kappa shape index (κ1) is 94.2. The Kier molecular flexibility index (Phi) is 27.5. The van der Waals surface area contributed by atoms with Crippen LogP contribution >= 0.6 is 30.8 Å². The van der Waals surface area contributed by atoms with E-state index in [0.717, 1.165) is 43.9 Å². The number of fused-ring (bicyclic) bond motifs is 6. The molecule has 0 aliphatic heterocycles. The highest BCUT2D eigenvalue weighted by Crippen LogP contribution is 2.44. The molecule has 2 atom stereocenters. The molecule has 0 spiro atoms. The van der Waals surface area contributed by atoms with E-state index in [2.05, 4.69) is 9.05 Å². The topological polar surface area (TPSA) is 630 Å². The van der Waals surface area contributed by atoms with Crippen molar-refractivity contribution in [2.75, 3.05) is 13.3 Å². The maximum Gasteiger partial charge on any atom is 0.524 e. The molecule has 18 rings (SSSR count). The zero-order valence-electron chi connectivity index (χ0n) is 68.0. The van der Waals surface area contributed by atoms with E-state index in [1.807, 2.05) is 0 Å². The van der Waals surface area contributed by atoms with Crippen LogP contribution in [-0.2, 0) is 18.3 Å². The Bertz CT molecular complexity index is 8070. The van der Waals surface area contributed by atoms with E-state index >= 15 is 0 Å². The summed E-state index contributed by atoms with van der Waals surface area (Å²) in [5.74, 6) is -1.28. The van der Waals surface area contributed by atoms with Crippen LogP contribution in [0.2, 0.25) is 0 Å². The van der Waals surface area contributed by atoms with E-state index in [-0.39, 0.29) is 157 Å². The van der Waals surface area contributed by atoms with E-state index in [0.29, 0.717) is 72.0 Å². The van der Waals surface area contributed by atoms with Gasteiger partial charge in [-0.25, -0.2) is 18.3 Å². The number of hydrogen-bond acceptors (Lipinski definition) is 31. The molecule has 133 heavy (non-hydrogen) atoms. The van der Waals surface area contributed by atoms with Gasteiger partial charge < -0.3 is 111 Å². The van der Waals surface area contributed by atoms with Crippen LogP contribution in [0.15, 0.2) is 329 Å². The number of phenols is 11. The summed E-state index contributed by atoms with van der Waals surface area (Å²) in [6.45, 7) is 2.16. The van der Waals surface area contributed by atoms with Gasteiger partial charge in [-0.2, -0.15) is 0 Å². The van der Waals surface area contributed by atoms with Crippen molar-refractivity contribution in [1.82, 2.24) is 0 Å². The van der Waals surface area contributed by atoms with E-state index in [4.69, 9.17) is 55.1 Å². The molecule has 17 N–H and O–H groups in total. The van der Waals surface area contributed by atoms with Crippen LogP contribution in [0, 0.1) is 0 Å². The molecule has 6 aromatic heterocycles. The molecule has 0 saturated carbocycles. The van der Waals surface area contributed by atoms with Gasteiger partial charge in [0, 0.05) is 67.9 Å². The highest BCUT2D eigenvalue weighted by Gasteiger charge is 2.24. The van der Waals surface area contributed by atoms with Gasteiger partial charge in [-0.15, -0.1) is 0 Å². The van der Waals surface area contributed by atoms with Crippen molar-refractivity contribution in [1.29, 1.82) is 0 Å². The highest BCUT2D eigenvalue weighted by atomic mass is 31.2. The molecular weight excluding hydrogens is 1820 g/mol. The molecule has 0 amide bonds. The van der Waals surface area contributed by atoms with Crippen LogP contribution in [0.4, 0.5) is 0 Å². The zero-order chi connectivity index (χ0) is 95.9. The standard InChI is InChI=1S/C16H13O7P.C16H13O6P.C15H11O8P.C15H11O7P.C15H10O5.C15H10O4/c1-24(20,21)23-11-4-2-9(3-5-11)12-8-22-14-7-10(17)6-13(18)15(14)16(12)19;1-23(19,20)22-12-5-2-10(3-6-12)14-9-21-15-8-11(17)4-7-13(15)16(14)18;16-9-3-1-8(2-4-9)11-7-22-13-6-10(23-24(19,20)21)5-12(17)14(13)15(11)18;16-10-3-1-9(2-4-10)13-8-21-14-7-11(22-23(18,19)20)5-6-12(14)15(13)17;16-9-3-1-8(2-4-9)11-7-20-13-6-10(17)5-12(18)14(13)15(11)19;16-10-3-1-9(2-4-10)13-8-19-14-7-11(17)5-6-12(14)15(13)18/h2-8,17-18H,1H3,(H,20,21);2-9,17H,1H3,(H,19,20);1-7,16-17H,(H2,19,20,21);1-8,16H,(H2,18,19,20);1-7,16-18H;1-8,16-17H. The fourth-order valence-electron chi connectivity index (χ4n) is 12.9. The van der Waals surface area contributed by atoms with Gasteiger partial charge in [-0.3, -0.25) is 48.3 Å². The fraction of sp³-hybridized carbons (Fsp3) is 0.0217. The summed E-state index contributed by atoms with van der Waals surface area (Å²) in [5, 5.41) is 105. The lowest BCUT2D eigenvalue weighted by Crippen LogP contribution is -2.05. The lowest BCUT2D eigenvalue weighted by atomic mass is 10.0. The fourth-order valence-corrected chi connectivity index (χ4v) is 14.7. The lowest BCUT2D eigenvalue weighted by molar-refractivity contribution is 0.280. The first-order valence-electron chi connectivity index (χ1n) is 38.0. The maximum atomic E-state index is 12.6. The number of phosphoric acid groups is 2. The Morgan fingerprint density at radius 3 is 0.729 bits per heavy atom. The summed E-state index contributed by atoms with van der Waals surface area (Å²) >= 11 is 0. The Hall–Kier alpha value is -16.4. The molecule has 0 aliphatic carbocycles. The van der Waals surface area contributed by atoms with Gasteiger partial charge in [-0.1, -0.05) is 72.8 Å². The second-order valence-electron chi connectivity index (χ2n) is 28.6. The van der Waals surface area contributed by atoms with Gasteiger partial charge >= 0.3 is 30.8 Å². The third-order valence-corrected chi connectivity index (χ3v) is 20.8. The number of phenolic OH excluding ortho intramolecular Hbond substituents is 11. The third kappa shape index (κ3) is 23.4. The van der Waals surface area contributed by atoms with E-state index in [9.17, 15) is 113 Å². The molecule has 41 heteroatoms. The molecule has 12 aromatic carbocycles. The van der Waals surface area contributed by atoms with Gasteiger partial charge in [-0.05, 0) is 143 Å². The average Bonchev–Trinajstić information content (AvgIpc) is 0.796. The highest BCUT2D eigenvalue weighted by molar-refractivity contribution is 7.52. The number of phosphoric ester groups is 2. The number of aromatic hydroxyl groups is 11. The van der Waals surface area contributed by atoms with E-state index in [1.54, 1.807) is 48.5 Å². The minimum absolute atomic E-state index is 0.00775. The summed E-state index contributed by atoms with van der Waals surface area (Å²) in [6, 6.07) is 55.6. The van der Waals surface area contributed by atoms with Crippen molar-refractivity contribution in [2.45, 2.75) is 0 Å². The SMILES string of the molecule is CP(=O)(O)Oc1ccc(-c2coc3cc(O)cc(O)c3c2=O)cc1.CP(=O)(O)Oc1ccc(-c2coc3cc(O)ccc3c2=O)cc1.O=c1c(-c2ccc(O)cc2)coc2cc(O)cc(O)c12.O=c1c(-c2ccc(O)cc2)coc2cc(O)ccc12.O=c1c(-c2ccc(O)cc2)coc2cc(OP(=O)(O)O)cc(O)c12.O=c1c(-c2ccc(O)cc2)coc2cc(OP(=O)(O)O)ccc12. The molecule has 0 bridgehead atoms. The summed E-state index contributed by atoms with van der Waals surface area (Å²) in [5.41, 5.74) is 3.75. The van der Waals surface area contributed by atoms with Gasteiger partial charge in [0.05, 0.1) is 49.5 Å². The average molecular weight is 1890 g/mol. The second kappa shape index (κ2) is 38.9. The molecular formula is C92H68O37P4. The predicted molar refractivity (Wildman–Crippen MR) is 484 cm³/mol. The summed E-state index contributed by atoms with van der Waals surface area (Å²) in [4.78, 5) is 128. The van der Waals surface area contributed by atoms with Crippen LogP contribution in [-0.4, -0.2) is 98.9 Å². The lowest BCUT2D eigenvalue weighted by Gasteiger charge is -2.09. The summed E-state index contributed by atoms with van der Waals surface area (Å²) < 4.78 is 94.7. The van der Waals surface area contributed by atoms with E-state index < -0.39 is 52.9 Å². The quantitative estimate of drug-likeness (QED) is 0.0450. The predicted octanol–water partition coefficient (Wildman–Crippen LogP) is 16.9. The molecule has 37 nitrogen and oxygen atoms in total. The van der Waals surface area contributed by atoms with Crippen LogP contribution in [0.1, 0.15) is 0 Å². The largest absolute Gasteiger partial charge is 0.524 e. The van der Waals surface area contributed by atoms with Crippen molar-refractivity contribution in [2.24, 2.45) is 0 Å². The molecule has 0 radical (unpaired) electrons. The Morgan fingerprint density at radius 1 is 0.218 bits per heavy atom. The zero-order valence-corrected chi connectivity index (χ0v) is 71.6. The monoisotopic (exact) mass is 1890 g/mol. The summed E-state index contributed by atoms with van der Waals surface area (Å²) in [7, 11) is -16.8. The van der Waals surface area contributed by atoms with Crippen molar-refractivity contribution in [3.05, 3.63) is 336 Å². The Balaban J connectivity index is 0.000000136. The molecule has 0 fully saturated rings. The van der Waals surface area contributed by atoms with Crippen molar-refractivity contribution >= 4 is 96.7 Å².